The summed E-state index contributed by atoms with van der Waals surface area (Å²) in [5.74, 6) is -0.885. The second-order valence-corrected chi connectivity index (χ2v) is 13.6. The van der Waals surface area contributed by atoms with Crippen LogP contribution in [0.1, 0.15) is 213 Å². The Bertz CT molecular complexity index is 733. The van der Waals surface area contributed by atoms with Crippen LogP contribution < -0.4 is 0 Å². The minimum Gasteiger partial charge on any atom is -0.462 e. The lowest BCUT2D eigenvalue weighted by Gasteiger charge is -2.18. The van der Waals surface area contributed by atoms with Gasteiger partial charge < -0.3 is 14.2 Å². The third kappa shape index (κ3) is 35.3. The first-order chi connectivity index (χ1) is 23.0. The maximum absolute atomic E-state index is 12.6. The zero-order chi connectivity index (χ0) is 34.5. The van der Waals surface area contributed by atoms with Crippen LogP contribution >= 0.6 is 0 Å². The van der Waals surface area contributed by atoms with E-state index in [1.54, 1.807) is 0 Å². The molecule has 6 nitrogen and oxygen atoms in total. The molecule has 0 saturated carbocycles. The molecule has 0 aromatic carbocycles. The molecule has 0 rings (SSSR count). The highest BCUT2D eigenvalue weighted by Crippen LogP contribution is 2.14. The standard InChI is InChI=1S/C41H76O6/c1-4-7-10-13-16-19-21-23-25-28-31-34-40(43)46-37-38(36-45-39(42)33-30-27-24-18-15-12-9-6-3)47-41(44)35-32-29-26-22-20-17-14-11-8-5-2/h11,14,38H,4-10,12-13,15-37H2,1-3H3/b14-11-. The predicted octanol–water partition coefficient (Wildman–Crippen LogP) is 12.3. The van der Waals surface area contributed by atoms with Gasteiger partial charge in [-0.3, -0.25) is 14.4 Å². The predicted molar refractivity (Wildman–Crippen MR) is 196 cm³/mol. The molecule has 0 saturated heterocycles. The number of unbranched alkanes of at least 4 members (excludes halogenated alkanes) is 23. The number of rotatable bonds is 36. The lowest BCUT2D eigenvalue weighted by Crippen LogP contribution is -2.30. The Labute approximate surface area is 290 Å². The first-order valence-electron chi connectivity index (χ1n) is 20.2. The first-order valence-corrected chi connectivity index (χ1v) is 20.2. The normalized spacial score (nSPS) is 12.0. The van der Waals surface area contributed by atoms with Gasteiger partial charge in [-0.15, -0.1) is 0 Å². The van der Waals surface area contributed by atoms with Crippen LogP contribution in [0.5, 0.6) is 0 Å². The molecular weight excluding hydrogens is 588 g/mol. The van der Waals surface area contributed by atoms with E-state index < -0.39 is 6.10 Å². The number of carbonyl (C=O) groups is 3. The minimum atomic E-state index is -0.763. The molecule has 0 fully saturated rings. The molecule has 6 heteroatoms. The molecule has 0 N–H and O–H groups in total. The molecule has 0 heterocycles. The van der Waals surface area contributed by atoms with E-state index in [2.05, 4.69) is 32.9 Å². The van der Waals surface area contributed by atoms with Crippen molar-refractivity contribution in [2.24, 2.45) is 0 Å². The van der Waals surface area contributed by atoms with Gasteiger partial charge in [0.25, 0.3) is 0 Å². The van der Waals surface area contributed by atoms with Gasteiger partial charge in [-0.2, -0.15) is 0 Å². The molecule has 47 heavy (non-hydrogen) atoms. The van der Waals surface area contributed by atoms with Gasteiger partial charge in [0, 0.05) is 19.3 Å². The van der Waals surface area contributed by atoms with Crippen LogP contribution in [0.4, 0.5) is 0 Å². The quantitative estimate of drug-likeness (QED) is 0.0287. The zero-order valence-electron chi connectivity index (χ0n) is 31.3. The van der Waals surface area contributed by atoms with Crippen LogP contribution in [-0.4, -0.2) is 37.2 Å². The van der Waals surface area contributed by atoms with Crippen LogP contribution in [0.25, 0.3) is 0 Å². The highest BCUT2D eigenvalue weighted by Gasteiger charge is 2.19. The molecule has 276 valence electrons. The molecule has 1 atom stereocenters. The van der Waals surface area contributed by atoms with Crippen molar-refractivity contribution in [1.29, 1.82) is 0 Å². The van der Waals surface area contributed by atoms with Crippen LogP contribution in [0.2, 0.25) is 0 Å². The van der Waals surface area contributed by atoms with Crippen molar-refractivity contribution in [2.45, 2.75) is 219 Å². The van der Waals surface area contributed by atoms with E-state index in [-0.39, 0.29) is 31.1 Å². The van der Waals surface area contributed by atoms with Crippen molar-refractivity contribution in [2.75, 3.05) is 13.2 Å². The second-order valence-electron chi connectivity index (χ2n) is 13.6. The number of ether oxygens (including phenoxy) is 3. The lowest BCUT2D eigenvalue weighted by molar-refractivity contribution is -0.167. The first kappa shape index (κ1) is 45.2. The third-order valence-electron chi connectivity index (χ3n) is 8.75. The van der Waals surface area contributed by atoms with Crippen molar-refractivity contribution in [3.8, 4) is 0 Å². The van der Waals surface area contributed by atoms with E-state index in [9.17, 15) is 14.4 Å². The number of carbonyl (C=O) groups excluding carboxylic acids is 3. The summed E-state index contributed by atoms with van der Waals surface area (Å²) < 4.78 is 16.6. The molecule has 0 spiro atoms. The van der Waals surface area contributed by atoms with Crippen LogP contribution in [-0.2, 0) is 28.6 Å². The topological polar surface area (TPSA) is 78.9 Å². The molecule has 0 amide bonds. The van der Waals surface area contributed by atoms with E-state index in [0.717, 1.165) is 77.0 Å². The number of esters is 3. The van der Waals surface area contributed by atoms with Gasteiger partial charge in [0.15, 0.2) is 6.10 Å². The van der Waals surface area contributed by atoms with Gasteiger partial charge in [0.1, 0.15) is 13.2 Å². The fourth-order valence-corrected chi connectivity index (χ4v) is 5.68. The Morgan fingerprint density at radius 1 is 0.404 bits per heavy atom. The van der Waals surface area contributed by atoms with E-state index in [1.165, 1.54) is 96.3 Å². The van der Waals surface area contributed by atoms with Gasteiger partial charge in [-0.1, -0.05) is 168 Å². The molecule has 0 aromatic heterocycles. The maximum Gasteiger partial charge on any atom is 0.306 e. The molecule has 0 aliphatic rings. The summed E-state index contributed by atoms with van der Waals surface area (Å²) in [7, 11) is 0. The molecule has 0 aliphatic heterocycles. The summed E-state index contributed by atoms with van der Waals surface area (Å²) in [6.07, 6.45) is 36.3. The summed E-state index contributed by atoms with van der Waals surface area (Å²) in [5.41, 5.74) is 0. The fraction of sp³-hybridized carbons (Fsp3) is 0.878. The van der Waals surface area contributed by atoms with Crippen molar-refractivity contribution in [3.63, 3.8) is 0 Å². The monoisotopic (exact) mass is 665 g/mol. The van der Waals surface area contributed by atoms with Gasteiger partial charge >= 0.3 is 17.9 Å². The minimum absolute atomic E-state index is 0.0702. The van der Waals surface area contributed by atoms with Gasteiger partial charge in [-0.25, -0.2) is 0 Å². The van der Waals surface area contributed by atoms with Gasteiger partial charge in [0.2, 0.25) is 0 Å². The Morgan fingerprint density at radius 3 is 1.15 bits per heavy atom. The van der Waals surface area contributed by atoms with Gasteiger partial charge in [-0.05, 0) is 38.5 Å². The maximum atomic E-state index is 12.6. The lowest BCUT2D eigenvalue weighted by atomic mass is 10.1. The molecule has 0 radical (unpaired) electrons. The highest BCUT2D eigenvalue weighted by molar-refractivity contribution is 5.71. The van der Waals surface area contributed by atoms with Gasteiger partial charge in [0.05, 0.1) is 0 Å². The molecule has 0 aromatic rings. The summed E-state index contributed by atoms with van der Waals surface area (Å²) in [4.78, 5) is 37.4. The van der Waals surface area contributed by atoms with Crippen molar-refractivity contribution in [1.82, 2.24) is 0 Å². The number of hydrogen-bond donors (Lipinski definition) is 0. The van der Waals surface area contributed by atoms with E-state index >= 15 is 0 Å². The molecular formula is C41H76O6. The Kier molecular flexibility index (Phi) is 35.5. The smallest absolute Gasteiger partial charge is 0.306 e. The van der Waals surface area contributed by atoms with Crippen molar-refractivity contribution < 1.29 is 28.6 Å². The Hall–Kier alpha value is -1.85. The summed E-state index contributed by atoms with van der Waals surface area (Å²) in [6.45, 7) is 6.52. The van der Waals surface area contributed by atoms with Crippen LogP contribution in [0, 0.1) is 0 Å². The zero-order valence-corrected chi connectivity index (χ0v) is 31.3. The SMILES string of the molecule is CCC/C=C\CCCCCCCC(=O)OC(COC(=O)CCCCCCCCCC)COC(=O)CCCCCCCCCCCCC. The number of allylic oxidation sites excluding steroid dienone is 2. The van der Waals surface area contributed by atoms with E-state index in [0.29, 0.717) is 19.3 Å². The van der Waals surface area contributed by atoms with Crippen molar-refractivity contribution in [3.05, 3.63) is 12.2 Å². The average molecular weight is 665 g/mol. The summed E-state index contributed by atoms with van der Waals surface area (Å²) in [5, 5.41) is 0. The second kappa shape index (κ2) is 37.0. The van der Waals surface area contributed by atoms with E-state index in [1.807, 2.05) is 0 Å². The third-order valence-corrected chi connectivity index (χ3v) is 8.75. The summed E-state index contributed by atoms with van der Waals surface area (Å²) >= 11 is 0. The van der Waals surface area contributed by atoms with Crippen molar-refractivity contribution >= 4 is 17.9 Å². The highest BCUT2D eigenvalue weighted by atomic mass is 16.6. The largest absolute Gasteiger partial charge is 0.462 e. The van der Waals surface area contributed by atoms with Crippen LogP contribution in [0.15, 0.2) is 12.2 Å². The molecule has 0 bridgehead atoms. The number of hydrogen-bond acceptors (Lipinski definition) is 6. The molecule has 1 unspecified atom stereocenters. The molecule has 0 aliphatic carbocycles. The summed E-state index contributed by atoms with van der Waals surface area (Å²) in [6, 6.07) is 0. The average Bonchev–Trinajstić information content (AvgIpc) is 3.06. The fourth-order valence-electron chi connectivity index (χ4n) is 5.68. The van der Waals surface area contributed by atoms with Crippen LogP contribution in [0.3, 0.4) is 0 Å². The van der Waals surface area contributed by atoms with E-state index in [4.69, 9.17) is 14.2 Å². The Morgan fingerprint density at radius 2 is 0.745 bits per heavy atom. The Balaban J connectivity index is 4.35.